The van der Waals surface area contributed by atoms with Gasteiger partial charge in [0.1, 0.15) is 11.3 Å². The van der Waals surface area contributed by atoms with Gasteiger partial charge in [0.05, 0.1) is 23.1 Å². The number of hydrogen-bond acceptors (Lipinski definition) is 5. The normalized spacial score (nSPS) is 11.5. The highest BCUT2D eigenvalue weighted by Gasteiger charge is 2.22. The van der Waals surface area contributed by atoms with E-state index in [1.165, 1.54) is 18.6 Å². The molecule has 0 saturated heterocycles. The third kappa shape index (κ3) is 1.59. The average Bonchev–Trinajstić information content (AvgIpc) is 3.19. The van der Waals surface area contributed by atoms with Crippen molar-refractivity contribution in [2.75, 3.05) is 0 Å². The van der Waals surface area contributed by atoms with Crippen molar-refractivity contribution in [3.05, 3.63) is 41.5 Å². The summed E-state index contributed by atoms with van der Waals surface area (Å²) in [6.45, 7) is 0. The van der Waals surface area contributed by atoms with E-state index in [2.05, 4.69) is 5.16 Å². The molecule has 6 nitrogen and oxygen atoms in total. The van der Waals surface area contributed by atoms with Crippen LogP contribution in [-0.4, -0.2) is 16.2 Å². The lowest BCUT2D eigenvalue weighted by molar-refractivity contribution is 0.0652. The lowest BCUT2D eigenvalue weighted by atomic mass is 10.0. The first-order valence-corrected chi connectivity index (χ1v) is 6.31. The summed E-state index contributed by atoms with van der Waals surface area (Å²) in [5, 5.41) is 14.5. The standard InChI is InChI=1S/C14H6ClNO5/c15-11-7-2-4-19-12(7)10(6-1-3-20-13(6)11)8-5-9(14(17)18)21-16-8/h1-5H,(H,17,18). The molecule has 0 radical (unpaired) electrons. The first-order valence-electron chi connectivity index (χ1n) is 5.93. The molecule has 0 saturated carbocycles. The van der Waals surface area contributed by atoms with Gasteiger partial charge in [-0.05, 0) is 12.1 Å². The SMILES string of the molecule is O=C(O)c1cc(-c2c3ccoc3c(Cl)c3ccoc23)no1. The Hall–Kier alpha value is -2.73. The number of nitrogens with zero attached hydrogens (tertiary/aromatic N) is 1. The van der Waals surface area contributed by atoms with E-state index >= 15 is 0 Å². The Morgan fingerprint density at radius 2 is 1.86 bits per heavy atom. The molecule has 4 aromatic rings. The maximum atomic E-state index is 10.9. The van der Waals surface area contributed by atoms with Crippen LogP contribution in [0.3, 0.4) is 0 Å². The highest BCUT2D eigenvalue weighted by molar-refractivity contribution is 6.41. The average molecular weight is 304 g/mol. The molecular weight excluding hydrogens is 298 g/mol. The van der Waals surface area contributed by atoms with E-state index in [0.717, 1.165) is 0 Å². The van der Waals surface area contributed by atoms with Crippen molar-refractivity contribution < 1.29 is 23.3 Å². The lowest BCUT2D eigenvalue weighted by Gasteiger charge is -2.02. The number of fused-ring (bicyclic) bond motifs is 2. The Morgan fingerprint density at radius 1 is 1.14 bits per heavy atom. The van der Waals surface area contributed by atoms with Crippen molar-refractivity contribution in [1.29, 1.82) is 0 Å². The van der Waals surface area contributed by atoms with Crippen LogP contribution in [-0.2, 0) is 0 Å². The van der Waals surface area contributed by atoms with E-state index in [1.54, 1.807) is 12.1 Å². The fraction of sp³-hybridized carbons (Fsp3) is 0. The van der Waals surface area contributed by atoms with Crippen LogP contribution in [0.15, 0.2) is 44.1 Å². The van der Waals surface area contributed by atoms with Crippen LogP contribution in [0.25, 0.3) is 33.2 Å². The molecule has 0 aliphatic heterocycles. The Balaban J connectivity index is 2.13. The van der Waals surface area contributed by atoms with E-state index in [0.29, 0.717) is 38.2 Å². The van der Waals surface area contributed by atoms with Gasteiger partial charge in [-0.3, -0.25) is 0 Å². The van der Waals surface area contributed by atoms with Crippen LogP contribution in [0.4, 0.5) is 0 Å². The molecule has 1 N–H and O–H groups in total. The monoisotopic (exact) mass is 303 g/mol. The summed E-state index contributed by atoms with van der Waals surface area (Å²) in [5.74, 6) is -1.45. The predicted molar refractivity (Wildman–Crippen MR) is 73.5 cm³/mol. The maximum Gasteiger partial charge on any atom is 0.374 e. The minimum absolute atomic E-state index is 0.253. The van der Waals surface area contributed by atoms with Gasteiger partial charge in [-0.15, -0.1) is 0 Å². The molecule has 21 heavy (non-hydrogen) atoms. The van der Waals surface area contributed by atoms with Crippen molar-refractivity contribution in [2.24, 2.45) is 0 Å². The van der Waals surface area contributed by atoms with E-state index in [4.69, 9.17) is 30.1 Å². The van der Waals surface area contributed by atoms with Crippen LogP contribution in [0.1, 0.15) is 10.6 Å². The van der Waals surface area contributed by atoms with Crippen molar-refractivity contribution in [3.63, 3.8) is 0 Å². The van der Waals surface area contributed by atoms with Crippen LogP contribution < -0.4 is 0 Å². The number of hydrogen-bond donors (Lipinski definition) is 1. The zero-order valence-electron chi connectivity index (χ0n) is 10.3. The van der Waals surface area contributed by atoms with Crippen molar-refractivity contribution in [1.82, 2.24) is 5.16 Å². The molecule has 7 heteroatoms. The zero-order chi connectivity index (χ0) is 14.6. The molecule has 0 unspecified atom stereocenters. The minimum Gasteiger partial charge on any atom is -0.475 e. The summed E-state index contributed by atoms with van der Waals surface area (Å²) >= 11 is 6.28. The second-order valence-corrected chi connectivity index (χ2v) is 4.78. The third-order valence-electron chi connectivity index (χ3n) is 3.24. The lowest BCUT2D eigenvalue weighted by Crippen LogP contribution is -1.91. The summed E-state index contributed by atoms with van der Waals surface area (Å²) in [5.41, 5.74) is 1.91. The van der Waals surface area contributed by atoms with Crippen LogP contribution in [0, 0.1) is 0 Å². The fourth-order valence-electron chi connectivity index (χ4n) is 2.34. The molecule has 4 rings (SSSR count). The predicted octanol–water partition coefficient (Wildman–Crippen LogP) is 4.19. The number of rotatable bonds is 2. The summed E-state index contributed by atoms with van der Waals surface area (Å²) in [6.07, 6.45) is 2.99. The molecule has 0 bridgehead atoms. The zero-order valence-corrected chi connectivity index (χ0v) is 11.0. The van der Waals surface area contributed by atoms with Crippen molar-refractivity contribution in [2.45, 2.75) is 0 Å². The number of aromatic carboxylic acids is 1. The maximum absolute atomic E-state index is 10.9. The topological polar surface area (TPSA) is 89.6 Å². The van der Waals surface area contributed by atoms with Gasteiger partial charge in [-0.2, -0.15) is 0 Å². The smallest absolute Gasteiger partial charge is 0.374 e. The van der Waals surface area contributed by atoms with Crippen molar-refractivity contribution >= 4 is 39.5 Å². The Morgan fingerprint density at radius 3 is 2.57 bits per heavy atom. The van der Waals surface area contributed by atoms with Gasteiger partial charge in [0, 0.05) is 16.8 Å². The summed E-state index contributed by atoms with van der Waals surface area (Å²) in [7, 11) is 0. The Labute approximate surface area is 121 Å². The number of aromatic nitrogens is 1. The molecule has 0 atom stereocenters. The van der Waals surface area contributed by atoms with Gasteiger partial charge in [0.25, 0.3) is 0 Å². The molecule has 0 fully saturated rings. The number of furan rings is 2. The van der Waals surface area contributed by atoms with Gasteiger partial charge in [0.2, 0.25) is 5.76 Å². The number of carboxylic acids is 1. The molecule has 104 valence electrons. The Kier molecular flexibility index (Phi) is 2.37. The molecule has 3 heterocycles. The van der Waals surface area contributed by atoms with Gasteiger partial charge >= 0.3 is 5.97 Å². The van der Waals surface area contributed by atoms with E-state index in [9.17, 15) is 4.79 Å². The van der Waals surface area contributed by atoms with E-state index in [-0.39, 0.29) is 5.76 Å². The van der Waals surface area contributed by atoms with Crippen molar-refractivity contribution in [3.8, 4) is 11.3 Å². The van der Waals surface area contributed by atoms with Crippen LogP contribution in [0.2, 0.25) is 5.02 Å². The van der Waals surface area contributed by atoms with Crippen LogP contribution in [0.5, 0.6) is 0 Å². The number of benzene rings is 1. The highest BCUT2D eigenvalue weighted by Crippen LogP contribution is 2.42. The molecule has 0 aliphatic carbocycles. The van der Waals surface area contributed by atoms with Gasteiger partial charge < -0.3 is 18.5 Å². The molecule has 3 aromatic heterocycles. The highest BCUT2D eigenvalue weighted by atomic mass is 35.5. The minimum atomic E-state index is -1.19. The molecular formula is C14H6ClNO5. The molecule has 0 aliphatic rings. The number of carboxylic acid groups (broad SMARTS) is 1. The first-order chi connectivity index (χ1) is 10.2. The van der Waals surface area contributed by atoms with Crippen LogP contribution >= 0.6 is 11.6 Å². The molecule has 1 aromatic carbocycles. The van der Waals surface area contributed by atoms with Gasteiger partial charge in [-0.25, -0.2) is 4.79 Å². The van der Waals surface area contributed by atoms with E-state index < -0.39 is 5.97 Å². The molecule has 0 amide bonds. The second-order valence-electron chi connectivity index (χ2n) is 4.40. The Bertz CT molecular complexity index is 942. The number of carbonyl (C=O) groups is 1. The fourth-order valence-corrected chi connectivity index (χ4v) is 2.64. The van der Waals surface area contributed by atoms with Gasteiger partial charge in [-0.1, -0.05) is 16.8 Å². The summed E-state index contributed by atoms with van der Waals surface area (Å²) < 4.78 is 15.7. The molecule has 0 spiro atoms. The summed E-state index contributed by atoms with van der Waals surface area (Å²) in [6, 6.07) is 4.76. The van der Waals surface area contributed by atoms with E-state index in [1.807, 2.05) is 0 Å². The largest absolute Gasteiger partial charge is 0.475 e. The summed E-state index contributed by atoms with van der Waals surface area (Å²) in [4.78, 5) is 10.9. The van der Waals surface area contributed by atoms with Gasteiger partial charge in [0.15, 0.2) is 5.58 Å². The first kappa shape index (κ1) is 12.0. The third-order valence-corrected chi connectivity index (χ3v) is 3.61. The quantitative estimate of drug-likeness (QED) is 0.597. The number of halogens is 1. The second kappa shape index (κ2) is 4.13.